The molecule has 1 fully saturated rings. The molecule has 156 valence electrons. The van der Waals surface area contributed by atoms with Crippen molar-refractivity contribution in [1.29, 1.82) is 0 Å². The van der Waals surface area contributed by atoms with E-state index in [1.165, 1.54) is 21.7 Å². The van der Waals surface area contributed by atoms with Crippen molar-refractivity contribution >= 4 is 17.4 Å². The van der Waals surface area contributed by atoms with Gasteiger partial charge >= 0.3 is 0 Å². The van der Waals surface area contributed by atoms with Gasteiger partial charge in [-0.2, -0.15) is 0 Å². The average Bonchev–Trinajstić information content (AvgIpc) is 2.78. The Morgan fingerprint density at radius 2 is 2.00 bits per heavy atom. The van der Waals surface area contributed by atoms with Crippen LogP contribution in [-0.2, 0) is 4.74 Å². The van der Waals surface area contributed by atoms with Crippen molar-refractivity contribution in [3.05, 3.63) is 59.7 Å². The molecule has 0 aliphatic carbocycles. The third-order valence-corrected chi connectivity index (χ3v) is 7.06. The van der Waals surface area contributed by atoms with Crippen LogP contribution >= 0.6 is 11.8 Å². The fourth-order valence-corrected chi connectivity index (χ4v) is 5.24. The lowest BCUT2D eigenvalue weighted by Gasteiger charge is -2.46. The highest BCUT2D eigenvalue weighted by Gasteiger charge is 2.42. The normalized spacial score (nSPS) is 25.9. The zero-order chi connectivity index (χ0) is 20.2. The molecule has 2 N–H and O–H groups in total. The minimum atomic E-state index is 0.107. The second-order valence-electron chi connectivity index (χ2n) is 8.02. The van der Waals surface area contributed by atoms with Gasteiger partial charge in [0.2, 0.25) is 0 Å². The van der Waals surface area contributed by atoms with Crippen LogP contribution in [0.3, 0.4) is 0 Å². The van der Waals surface area contributed by atoms with E-state index in [2.05, 4.69) is 71.9 Å². The van der Waals surface area contributed by atoms with Crippen molar-refractivity contribution in [3.63, 3.8) is 0 Å². The number of nitrogens with one attached hydrogen (secondary N) is 1. The van der Waals surface area contributed by atoms with E-state index in [-0.39, 0.29) is 24.9 Å². The summed E-state index contributed by atoms with van der Waals surface area (Å²) in [6.45, 7) is 4.90. The summed E-state index contributed by atoms with van der Waals surface area (Å²) in [5, 5.41) is 13.2. The van der Waals surface area contributed by atoms with E-state index >= 15 is 0 Å². The zero-order valence-corrected chi connectivity index (χ0v) is 18.2. The molecule has 29 heavy (non-hydrogen) atoms. The lowest BCUT2D eigenvalue weighted by molar-refractivity contribution is -0.103. The van der Waals surface area contributed by atoms with E-state index in [1.807, 2.05) is 0 Å². The van der Waals surface area contributed by atoms with Gasteiger partial charge in [-0.15, -0.1) is 11.8 Å². The molecule has 4 atom stereocenters. The molecular weight excluding hydrogens is 380 g/mol. The van der Waals surface area contributed by atoms with Crippen LogP contribution in [0.15, 0.2) is 53.4 Å². The van der Waals surface area contributed by atoms with Crippen LogP contribution in [0, 0.1) is 5.92 Å². The number of hydrogen-bond acceptors (Lipinski definition) is 5. The topological polar surface area (TPSA) is 44.7 Å². The number of anilines is 1. The van der Waals surface area contributed by atoms with Crippen LogP contribution in [0.2, 0.25) is 0 Å². The van der Waals surface area contributed by atoms with Crippen LogP contribution in [-0.4, -0.2) is 48.6 Å². The molecule has 0 unspecified atom stereocenters. The molecule has 4 rings (SSSR count). The van der Waals surface area contributed by atoms with Gasteiger partial charge in [0.25, 0.3) is 0 Å². The molecule has 0 aromatic heterocycles. The summed E-state index contributed by atoms with van der Waals surface area (Å²) in [6, 6.07) is 17.8. The maximum Gasteiger partial charge on any atom is 0.0900 e. The molecule has 0 bridgehead atoms. The van der Waals surface area contributed by atoms with Crippen molar-refractivity contribution in [2.75, 3.05) is 37.8 Å². The fraction of sp³-hybridized carbons (Fsp3) is 0.500. The van der Waals surface area contributed by atoms with Crippen molar-refractivity contribution in [3.8, 4) is 0 Å². The number of nitrogens with zero attached hydrogens (tertiary/aromatic N) is 1. The van der Waals surface area contributed by atoms with Gasteiger partial charge in [-0.3, -0.25) is 4.90 Å². The fourth-order valence-electron chi connectivity index (χ4n) is 4.79. The molecule has 0 amide bonds. The first-order chi connectivity index (χ1) is 14.2. The minimum absolute atomic E-state index is 0.107. The quantitative estimate of drug-likeness (QED) is 0.644. The van der Waals surface area contributed by atoms with Crippen molar-refractivity contribution in [2.24, 2.45) is 5.92 Å². The number of likely N-dealkylation sites (N-methyl/N-ethyl adjacent to an activating group) is 1. The molecule has 2 aromatic carbocycles. The first-order valence-electron chi connectivity index (χ1n) is 10.7. The molecule has 0 spiro atoms. The van der Waals surface area contributed by atoms with E-state index in [1.54, 1.807) is 11.8 Å². The van der Waals surface area contributed by atoms with Crippen molar-refractivity contribution in [2.45, 2.75) is 42.9 Å². The number of rotatable bonds is 7. The van der Waals surface area contributed by atoms with Crippen molar-refractivity contribution < 1.29 is 9.84 Å². The summed E-state index contributed by atoms with van der Waals surface area (Å²) in [5.74, 6) is 0.422. The Morgan fingerprint density at radius 3 is 2.72 bits per heavy atom. The second kappa shape index (κ2) is 9.52. The average molecular weight is 413 g/mol. The van der Waals surface area contributed by atoms with Crippen LogP contribution in [0.5, 0.6) is 0 Å². The standard InChI is InChI=1S/C24H32N2O2S/c1-3-26(13-14-27)16-18-9-11-20-23(17-7-5-4-6-8-17)25-22-12-10-19(29-2)15-21(22)24(20)28-18/h4-8,10,12,15,18,20,23-25,27H,3,9,11,13-14,16H2,1-2H3/t18-,20+,23+,24+/m1/s1. The van der Waals surface area contributed by atoms with Gasteiger partial charge in [-0.25, -0.2) is 0 Å². The van der Waals surface area contributed by atoms with Crippen LogP contribution < -0.4 is 5.32 Å². The number of aliphatic hydroxyl groups excluding tert-OH is 1. The lowest BCUT2D eigenvalue weighted by Crippen LogP contribution is -2.43. The second-order valence-corrected chi connectivity index (χ2v) is 8.90. The molecule has 2 aromatic rings. The zero-order valence-electron chi connectivity index (χ0n) is 17.4. The number of ether oxygens (including phenoxy) is 1. The lowest BCUT2D eigenvalue weighted by atomic mass is 9.76. The van der Waals surface area contributed by atoms with Gasteiger partial charge in [0.15, 0.2) is 0 Å². The molecule has 2 aliphatic heterocycles. The van der Waals surface area contributed by atoms with Crippen LogP contribution in [0.4, 0.5) is 5.69 Å². The Bertz CT molecular complexity index is 801. The van der Waals surface area contributed by atoms with Gasteiger partial charge in [0.1, 0.15) is 0 Å². The summed E-state index contributed by atoms with van der Waals surface area (Å²) in [6.07, 6.45) is 4.65. The van der Waals surface area contributed by atoms with E-state index in [4.69, 9.17) is 4.74 Å². The van der Waals surface area contributed by atoms with E-state index in [0.29, 0.717) is 12.5 Å². The monoisotopic (exact) mass is 412 g/mol. The smallest absolute Gasteiger partial charge is 0.0900 e. The maximum atomic E-state index is 9.34. The van der Waals surface area contributed by atoms with Gasteiger partial charge in [-0.1, -0.05) is 37.3 Å². The highest BCUT2D eigenvalue weighted by molar-refractivity contribution is 7.98. The number of benzene rings is 2. The molecule has 2 heterocycles. The number of thioether (sulfide) groups is 1. The number of aliphatic hydroxyl groups is 1. The van der Waals surface area contributed by atoms with Crippen LogP contribution in [0.1, 0.15) is 43.0 Å². The SMILES string of the molecule is CCN(CCO)C[C@H]1CC[C@@H]2[C@H](O1)c1cc(SC)ccc1N[C@H]2c1ccccc1. The summed E-state index contributed by atoms with van der Waals surface area (Å²) in [4.78, 5) is 3.57. The van der Waals surface area contributed by atoms with E-state index in [0.717, 1.165) is 25.9 Å². The Balaban J connectivity index is 1.63. The van der Waals surface area contributed by atoms with E-state index in [9.17, 15) is 5.11 Å². The summed E-state index contributed by atoms with van der Waals surface area (Å²) < 4.78 is 6.77. The van der Waals surface area contributed by atoms with Gasteiger partial charge in [-0.05, 0) is 49.4 Å². The predicted molar refractivity (Wildman–Crippen MR) is 121 cm³/mol. The third kappa shape index (κ3) is 4.48. The Morgan fingerprint density at radius 1 is 1.17 bits per heavy atom. The first-order valence-corrected chi connectivity index (χ1v) is 11.9. The Labute approximate surface area is 178 Å². The van der Waals surface area contributed by atoms with E-state index < -0.39 is 0 Å². The summed E-state index contributed by atoms with van der Waals surface area (Å²) >= 11 is 1.78. The Hall–Kier alpha value is -1.53. The molecule has 5 heteroatoms. The molecular formula is C24H32N2O2S. The van der Waals surface area contributed by atoms with Gasteiger partial charge in [0, 0.05) is 35.2 Å². The van der Waals surface area contributed by atoms with Crippen molar-refractivity contribution in [1.82, 2.24) is 4.90 Å². The van der Waals surface area contributed by atoms with Crippen LogP contribution in [0.25, 0.3) is 0 Å². The Kier molecular flexibility index (Phi) is 6.81. The first kappa shape index (κ1) is 20.7. The summed E-state index contributed by atoms with van der Waals surface area (Å²) in [7, 11) is 0. The minimum Gasteiger partial charge on any atom is -0.395 e. The van der Waals surface area contributed by atoms with Gasteiger partial charge in [0.05, 0.1) is 24.9 Å². The molecule has 2 aliphatic rings. The highest BCUT2D eigenvalue weighted by atomic mass is 32.2. The molecule has 0 saturated carbocycles. The maximum absolute atomic E-state index is 9.34. The largest absolute Gasteiger partial charge is 0.395 e. The molecule has 4 nitrogen and oxygen atoms in total. The molecule has 1 saturated heterocycles. The summed E-state index contributed by atoms with van der Waals surface area (Å²) in [5.41, 5.74) is 3.82. The predicted octanol–water partition coefficient (Wildman–Crippen LogP) is 4.73. The van der Waals surface area contributed by atoms with Gasteiger partial charge < -0.3 is 15.2 Å². The number of fused-ring (bicyclic) bond motifs is 3. The molecule has 0 radical (unpaired) electrons. The highest BCUT2D eigenvalue weighted by Crippen LogP contribution is 2.50. The number of hydrogen-bond donors (Lipinski definition) is 2. The third-order valence-electron chi connectivity index (χ3n) is 6.34.